The van der Waals surface area contributed by atoms with Crippen LogP contribution in [0, 0.1) is 13.8 Å². The first-order valence-corrected chi connectivity index (χ1v) is 5.85. The second kappa shape index (κ2) is 5.10. The zero-order valence-electron chi connectivity index (χ0n) is 11.1. The molecule has 0 heterocycles. The number of phenolic OH excluding ortho intramolecular Hbond substituents is 2. The van der Waals surface area contributed by atoms with Crippen molar-refractivity contribution in [1.82, 2.24) is 0 Å². The molecule has 0 aliphatic rings. The maximum Gasteiger partial charge on any atom is 0.210 e. The summed E-state index contributed by atoms with van der Waals surface area (Å²) < 4.78 is 10.8. The fraction of sp³-hybridized carbons (Fsp3) is 0.200. The van der Waals surface area contributed by atoms with Gasteiger partial charge in [0.15, 0.2) is 11.5 Å². The van der Waals surface area contributed by atoms with Crippen LogP contribution in [0.3, 0.4) is 0 Å². The van der Waals surface area contributed by atoms with Crippen LogP contribution in [0.15, 0.2) is 30.3 Å². The number of benzene rings is 2. The molecule has 0 aromatic heterocycles. The molecule has 0 saturated heterocycles. The third-order valence-electron chi connectivity index (χ3n) is 2.66. The Balaban J connectivity index is 2.42. The van der Waals surface area contributed by atoms with Crippen LogP contribution < -0.4 is 9.47 Å². The highest BCUT2D eigenvalue weighted by molar-refractivity contribution is 5.55. The van der Waals surface area contributed by atoms with Crippen molar-refractivity contribution >= 4 is 0 Å². The Labute approximate surface area is 111 Å². The van der Waals surface area contributed by atoms with E-state index in [1.807, 2.05) is 13.8 Å². The fourth-order valence-electron chi connectivity index (χ4n) is 1.88. The molecule has 0 fully saturated rings. The van der Waals surface area contributed by atoms with Gasteiger partial charge in [0.05, 0.1) is 7.11 Å². The first-order valence-electron chi connectivity index (χ1n) is 5.85. The molecule has 0 unspecified atom stereocenters. The summed E-state index contributed by atoms with van der Waals surface area (Å²) in [5.41, 5.74) is 1.73. The Bertz CT molecular complexity index is 585. The quantitative estimate of drug-likeness (QED) is 0.886. The number of methoxy groups -OCH3 is 1. The number of rotatable bonds is 3. The molecule has 19 heavy (non-hydrogen) atoms. The smallest absolute Gasteiger partial charge is 0.210 e. The van der Waals surface area contributed by atoms with E-state index in [4.69, 9.17) is 9.47 Å². The Morgan fingerprint density at radius 2 is 1.58 bits per heavy atom. The van der Waals surface area contributed by atoms with Crippen LogP contribution >= 0.6 is 0 Å². The van der Waals surface area contributed by atoms with E-state index in [2.05, 4.69) is 0 Å². The van der Waals surface area contributed by atoms with Crippen LogP contribution in [0.4, 0.5) is 0 Å². The third-order valence-corrected chi connectivity index (χ3v) is 2.66. The second-order valence-electron chi connectivity index (χ2n) is 4.42. The lowest BCUT2D eigenvalue weighted by atomic mass is 10.2. The van der Waals surface area contributed by atoms with Crippen molar-refractivity contribution in [3.8, 4) is 28.7 Å². The molecule has 0 aliphatic heterocycles. The van der Waals surface area contributed by atoms with Crippen molar-refractivity contribution in [3.63, 3.8) is 0 Å². The molecule has 0 saturated carbocycles. The summed E-state index contributed by atoms with van der Waals surface area (Å²) in [6.45, 7) is 3.70. The van der Waals surface area contributed by atoms with E-state index in [9.17, 15) is 10.2 Å². The van der Waals surface area contributed by atoms with E-state index in [0.717, 1.165) is 11.1 Å². The molecule has 0 aliphatic carbocycles. The van der Waals surface area contributed by atoms with Crippen molar-refractivity contribution in [2.24, 2.45) is 0 Å². The minimum atomic E-state index is -0.00199. The van der Waals surface area contributed by atoms with Crippen molar-refractivity contribution in [2.45, 2.75) is 13.8 Å². The molecule has 4 nitrogen and oxygen atoms in total. The summed E-state index contributed by atoms with van der Waals surface area (Å²) in [5.74, 6) is 1.23. The lowest BCUT2D eigenvalue weighted by Gasteiger charge is -2.13. The van der Waals surface area contributed by atoms with Crippen molar-refractivity contribution < 1.29 is 19.7 Å². The highest BCUT2D eigenvalue weighted by Crippen LogP contribution is 2.41. The zero-order chi connectivity index (χ0) is 14.0. The van der Waals surface area contributed by atoms with Crippen molar-refractivity contribution in [2.75, 3.05) is 7.11 Å². The molecule has 2 aromatic rings. The average molecular weight is 260 g/mol. The Morgan fingerprint density at radius 3 is 2.21 bits per heavy atom. The van der Waals surface area contributed by atoms with E-state index >= 15 is 0 Å². The van der Waals surface area contributed by atoms with Crippen molar-refractivity contribution in [3.05, 3.63) is 41.5 Å². The Hall–Kier alpha value is -2.36. The molecular formula is C15H16O4. The molecule has 0 atom stereocenters. The van der Waals surface area contributed by atoms with Crippen LogP contribution in [-0.2, 0) is 0 Å². The largest absolute Gasteiger partial charge is 0.508 e. The van der Waals surface area contributed by atoms with E-state index < -0.39 is 0 Å². The second-order valence-corrected chi connectivity index (χ2v) is 4.42. The lowest BCUT2D eigenvalue weighted by Crippen LogP contribution is -1.92. The van der Waals surface area contributed by atoms with E-state index in [1.165, 1.54) is 13.2 Å². The number of phenols is 2. The monoisotopic (exact) mass is 260 g/mol. The number of hydrogen-bond donors (Lipinski definition) is 2. The van der Waals surface area contributed by atoms with Crippen LogP contribution in [0.1, 0.15) is 11.1 Å². The zero-order valence-corrected chi connectivity index (χ0v) is 11.1. The molecule has 0 amide bonds. The van der Waals surface area contributed by atoms with Gasteiger partial charge >= 0.3 is 0 Å². The maximum absolute atomic E-state index is 9.94. The standard InChI is InChI=1S/C15H16O4/c1-9-4-11(16)8-12(5-9)19-15-13(17)6-10(2)7-14(15)18-3/h4-8,16-17H,1-3H3. The predicted molar refractivity (Wildman–Crippen MR) is 72.3 cm³/mol. The molecule has 0 bridgehead atoms. The van der Waals surface area contributed by atoms with Crippen LogP contribution in [0.25, 0.3) is 0 Å². The van der Waals surface area contributed by atoms with E-state index in [0.29, 0.717) is 11.5 Å². The molecule has 100 valence electrons. The minimum Gasteiger partial charge on any atom is -0.508 e. The first-order chi connectivity index (χ1) is 8.99. The van der Waals surface area contributed by atoms with Gasteiger partial charge in [-0.25, -0.2) is 0 Å². The van der Waals surface area contributed by atoms with Gasteiger partial charge < -0.3 is 19.7 Å². The Kier molecular flexibility index (Phi) is 3.51. The SMILES string of the molecule is COc1cc(C)cc(O)c1Oc1cc(C)cc(O)c1. The number of aromatic hydroxyl groups is 2. The molecule has 4 heteroatoms. The molecule has 2 aromatic carbocycles. The van der Waals surface area contributed by atoms with Crippen LogP contribution in [0.2, 0.25) is 0 Å². The Morgan fingerprint density at radius 1 is 0.895 bits per heavy atom. The average Bonchev–Trinajstić information content (AvgIpc) is 2.31. The summed E-state index contributed by atoms with van der Waals surface area (Å²) in [6.07, 6.45) is 0. The normalized spacial score (nSPS) is 10.3. The maximum atomic E-state index is 9.94. The van der Waals surface area contributed by atoms with Gasteiger partial charge in [0.1, 0.15) is 11.5 Å². The van der Waals surface area contributed by atoms with Crippen molar-refractivity contribution in [1.29, 1.82) is 0 Å². The molecular weight excluding hydrogens is 244 g/mol. The van der Waals surface area contributed by atoms with Gasteiger partial charge in [-0.1, -0.05) is 0 Å². The summed E-state index contributed by atoms with van der Waals surface area (Å²) in [7, 11) is 1.51. The van der Waals surface area contributed by atoms with Gasteiger partial charge in [-0.2, -0.15) is 0 Å². The highest BCUT2D eigenvalue weighted by Gasteiger charge is 2.13. The van der Waals surface area contributed by atoms with E-state index in [1.54, 1.807) is 24.3 Å². The fourth-order valence-corrected chi connectivity index (χ4v) is 1.88. The molecule has 0 radical (unpaired) electrons. The summed E-state index contributed by atoms with van der Waals surface area (Å²) in [6, 6.07) is 8.22. The topological polar surface area (TPSA) is 58.9 Å². The molecule has 2 rings (SSSR count). The number of hydrogen-bond acceptors (Lipinski definition) is 4. The van der Waals surface area contributed by atoms with Gasteiger partial charge in [0.25, 0.3) is 0 Å². The predicted octanol–water partition coefficient (Wildman–Crippen LogP) is 3.52. The lowest BCUT2D eigenvalue weighted by molar-refractivity contribution is 0.356. The third kappa shape index (κ3) is 2.91. The summed E-state index contributed by atoms with van der Waals surface area (Å²) >= 11 is 0. The van der Waals surface area contributed by atoms with Gasteiger partial charge in [-0.3, -0.25) is 0 Å². The molecule has 0 spiro atoms. The van der Waals surface area contributed by atoms with Gasteiger partial charge in [-0.05, 0) is 49.2 Å². The summed E-state index contributed by atoms with van der Waals surface area (Å²) in [5, 5.41) is 19.5. The minimum absolute atomic E-state index is 0.00199. The first kappa shape index (κ1) is 13.1. The molecule has 2 N–H and O–H groups in total. The van der Waals surface area contributed by atoms with Gasteiger partial charge in [-0.15, -0.1) is 0 Å². The van der Waals surface area contributed by atoms with Gasteiger partial charge in [0.2, 0.25) is 5.75 Å². The van der Waals surface area contributed by atoms with Crippen LogP contribution in [-0.4, -0.2) is 17.3 Å². The van der Waals surface area contributed by atoms with Crippen LogP contribution in [0.5, 0.6) is 28.7 Å². The highest BCUT2D eigenvalue weighted by atomic mass is 16.5. The number of ether oxygens (including phenoxy) is 2. The summed E-state index contributed by atoms with van der Waals surface area (Å²) in [4.78, 5) is 0. The van der Waals surface area contributed by atoms with Gasteiger partial charge in [0, 0.05) is 6.07 Å². The van der Waals surface area contributed by atoms with E-state index in [-0.39, 0.29) is 17.2 Å². The number of aryl methyl sites for hydroxylation is 2.